The van der Waals surface area contributed by atoms with Gasteiger partial charge in [0.2, 0.25) is 0 Å². The van der Waals surface area contributed by atoms with E-state index in [2.05, 4.69) is 78.9 Å². The van der Waals surface area contributed by atoms with Crippen molar-refractivity contribution in [3.05, 3.63) is 165 Å². The number of carbonyl (C=O) groups is 2. The van der Waals surface area contributed by atoms with E-state index in [-0.39, 0.29) is 22.5 Å². The van der Waals surface area contributed by atoms with Gasteiger partial charge in [0.1, 0.15) is 0 Å². The van der Waals surface area contributed by atoms with Crippen LogP contribution in [0.4, 0.5) is 0 Å². The fourth-order valence-corrected chi connectivity index (χ4v) is 6.16. The summed E-state index contributed by atoms with van der Waals surface area (Å²) in [5.41, 5.74) is 10.8. The quantitative estimate of drug-likeness (QED) is 0.0880. The van der Waals surface area contributed by atoms with Crippen molar-refractivity contribution >= 4 is 78.4 Å². The van der Waals surface area contributed by atoms with Crippen LogP contribution in [0.15, 0.2) is 147 Å². The molecule has 0 fully saturated rings. The van der Waals surface area contributed by atoms with Crippen molar-refractivity contribution in [2.75, 3.05) is 0 Å². The summed E-state index contributed by atoms with van der Waals surface area (Å²) in [6, 6.07) is 33.9. The summed E-state index contributed by atoms with van der Waals surface area (Å²) in [6.07, 6.45) is 1.49. The number of hydrogen-bond donors (Lipinski definition) is 3. The Labute approximate surface area is 351 Å². The first-order chi connectivity index (χ1) is 25.6. The SMILES string of the molecule is C=C(C)C[C@](C)(N)c1cccc(Br)c1.C=C(C)C[C@](C)(NC(=S)NC(=O)c1ccccc1)c1cccc(Br)c1.CC.CC.O=C(N=C=S)c1ccccc1. The van der Waals surface area contributed by atoms with E-state index in [0.717, 1.165) is 37.6 Å². The standard InChI is InChI=1S/C20H21BrN2OS.C12H16BrN.C8H5NOS.2C2H6/c1-14(2)13-20(3,16-10-7-11-17(21)12-16)23-19(25)22-18(24)15-8-5-4-6-9-15;1-9(2)8-12(3,14)10-5-4-6-11(13)7-10;10-8(9-6-11)7-4-2-1-3-5-7;2*1-2/h4-12H,1,13H2,2-3H3,(H2,22,23,24,25);4-7H,1,8,14H2,2-3H3;1-5H;2*1-2H3/t20-;12-;;;/m00.../s1. The molecule has 0 aliphatic rings. The van der Waals surface area contributed by atoms with Crippen molar-refractivity contribution in [1.82, 2.24) is 10.6 Å². The number of aliphatic imine (C=N–C) groups is 1. The number of hydrogen-bond acceptors (Lipinski definition) is 5. The minimum Gasteiger partial charge on any atom is -0.353 e. The van der Waals surface area contributed by atoms with Crippen molar-refractivity contribution < 1.29 is 9.59 Å². The Kier molecular flexibility index (Phi) is 24.9. The highest BCUT2D eigenvalue weighted by molar-refractivity contribution is 9.10. The van der Waals surface area contributed by atoms with Crippen LogP contribution in [0.1, 0.15) is 100 Å². The summed E-state index contributed by atoms with van der Waals surface area (Å²) < 4.78 is 2.05. The van der Waals surface area contributed by atoms with Crippen LogP contribution < -0.4 is 16.4 Å². The molecule has 2 amide bonds. The van der Waals surface area contributed by atoms with Crippen LogP contribution in [-0.2, 0) is 11.1 Å². The highest BCUT2D eigenvalue weighted by Crippen LogP contribution is 2.30. The fourth-order valence-electron chi connectivity index (χ4n) is 4.96. The first-order valence-corrected chi connectivity index (χ1v) is 19.9. The minimum absolute atomic E-state index is 0.231. The molecule has 4 N–H and O–H groups in total. The zero-order chi connectivity index (χ0) is 41.3. The van der Waals surface area contributed by atoms with Crippen LogP contribution in [-0.4, -0.2) is 22.1 Å². The lowest BCUT2D eigenvalue weighted by molar-refractivity contribution is 0.0973. The Hall–Kier alpha value is -3.89. The molecule has 2 atom stereocenters. The van der Waals surface area contributed by atoms with Gasteiger partial charge in [-0.15, -0.1) is 13.2 Å². The number of isothiocyanates is 1. The Morgan fingerprint density at radius 2 is 1.19 bits per heavy atom. The van der Waals surface area contributed by atoms with E-state index in [0.29, 0.717) is 17.5 Å². The van der Waals surface area contributed by atoms with Gasteiger partial charge in [0.15, 0.2) is 5.11 Å². The lowest BCUT2D eigenvalue weighted by atomic mass is 9.86. The first-order valence-electron chi connectivity index (χ1n) is 17.5. The molecule has 0 radical (unpaired) electrons. The highest BCUT2D eigenvalue weighted by Gasteiger charge is 2.28. The third-order valence-electron chi connectivity index (χ3n) is 7.09. The number of nitrogens with two attached hydrogens (primary N) is 1. The molecule has 0 unspecified atom stereocenters. The van der Waals surface area contributed by atoms with Crippen LogP contribution in [0.2, 0.25) is 0 Å². The number of amides is 2. The molecule has 4 aromatic rings. The minimum atomic E-state index is -0.476. The molecule has 0 heterocycles. The molecule has 0 spiro atoms. The van der Waals surface area contributed by atoms with Gasteiger partial charge in [-0.2, -0.15) is 4.99 Å². The number of rotatable bonds is 9. The molecular formula is C44H54Br2N4O2S2. The zero-order valence-corrected chi connectivity index (χ0v) is 37.4. The van der Waals surface area contributed by atoms with Crippen LogP contribution in [0.25, 0.3) is 0 Å². The molecule has 0 saturated heterocycles. The van der Waals surface area contributed by atoms with Crippen LogP contribution in [0.3, 0.4) is 0 Å². The molecule has 6 nitrogen and oxygen atoms in total. The molecule has 0 saturated carbocycles. The van der Waals surface area contributed by atoms with E-state index in [4.69, 9.17) is 18.0 Å². The van der Waals surface area contributed by atoms with E-state index in [1.165, 1.54) is 0 Å². The summed E-state index contributed by atoms with van der Waals surface area (Å²) in [5.74, 6) is -0.578. The molecule has 0 aromatic heterocycles. The van der Waals surface area contributed by atoms with Crippen molar-refractivity contribution in [3.8, 4) is 0 Å². The molecule has 0 aliphatic carbocycles. The molecule has 54 heavy (non-hydrogen) atoms. The van der Waals surface area contributed by atoms with Crippen molar-refractivity contribution in [2.45, 2.75) is 79.3 Å². The smallest absolute Gasteiger partial charge is 0.285 e. The average Bonchev–Trinajstić information content (AvgIpc) is 3.14. The molecule has 4 aromatic carbocycles. The maximum Gasteiger partial charge on any atom is 0.285 e. The topological polar surface area (TPSA) is 96.6 Å². The van der Waals surface area contributed by atoms with Crippen molar-refractivity contribution in [2.24, 2.45) is 10.7 Å². The van der Waals surface area contributed by atoms with Gasteiger partial charge in [0.05, 0.1) is 10.7 Å². The fraction of sp³-hybridized carbons (Fsp3) is 0.273. The van der Waals surface area contributed by atoms with Crippen LogP contribution in [0, 0.1) is 0 Å². The second-order valence-electron chi connectivity index (χ2n) is 12.2. The summed E-state index contributed by atoms with van der Waals surface area (Å²) >= 11 is 16.6. The third-order valence-corrected chi connectivity index (χ3v) is 8.37. The monoisotopic (exact) mass is 892 g/mol. The zero-order valence-electron chi connectivity index (χ0n) is 32.6. The third kappa shape index (κ3) is 19.4. The molecule has 288 valence electrons. The normalized spacial score (nSPS) is 11.7. The number of nitrogens with zero attached hydrogens (tertiary/aromatic N) is 1. The first kappa shape index (κ1) is 50.1. The van der Waals surface area contributed by atoms with E-state index in [9.17, 15) is 9.59 Å². The molecule has 4 rings (SSSR count). The average molecular weight is 895 g/mol. The highest BCUT2D eigenvalue weighted by atomic mass is 79.9. The molecular weight excluding hydrogens is 840 g/mol. The van der Waals surface area contributed by atoms with Gasteiger partial charge in [-0.1, -0.05) is 131 Å². The van der Waals surface area contributed by atoms with Crippen molar-refractivity contribution in [1.29, 1.82) is 0 Å². The maximum atomic E-state index is 12.3. The number of thiocarbonyl (C=S) groups is 2. The van der Waals surface area contributed by atoms with E-state index in [1.54, 1.807) is 36.4 Å². The summed E-state index contributed by atoms with van der Waals surface area (Å²) in [6.45, 7) is 24.0. The second kappa shape index (κ2) is 26.8. The van der Waals surface area contributed by atoms with Crippen molar-refractivity contribution in [3.63, 3.8) is 0 Å². The lowest BCUT2D eigenvalue weighted by Crippen LogP contribution is -2.49. The maximum absolute atomic E-state index is 12.3. The van der Waals surface area contributed by atoms with E-state index >= 15 is 0 Å². The second-order valence-corrected chi connectivity index (χ2v) is 14.6. The van der Waals surface area contributed by atoms with Crippen LogP contribution >= 0.6 is 56.3 Å². The summed E-state index contributed by atoms with van der Waals surface area (Å²) in [5, 5.41) is 8.35. The number of nitrogens with one attached hydrogen (secondary N) is 2. The van der Waals surface area contributed by atoms with Gasteiger partial charge >= 0.3 is 0 Å². The Bertz CT molecular complexity index is 1840. The van der Waals surface area contributed by atoms with Gasteiger partial charge in [-0.3, -0.25) is 14.9 Å². The number of carbonyl (C=O) groups excluding carboxylic acids is 2. The Morgan fingerprint density at radius 1 is 0.741 bits per heavy atom. The Morgan fingerprint density at radius 3 is 1.63 bits per heavy atom. The van der Waals surface area contributed by atoms with Crippen LogP contribution in [0.5, 0.6) is 0 Å². The van der Waals surface area contributed by atoms with Gasteiger partial charge in [0, 0.05) is 25.6 Å². The van der Waals surface area contributed by atoms with Gasteiger partial charge in [-0.25, -0.2) is 0 Å². The Balaban J connectivity index is 0.000000817. The lowest BCUT2D eigenvalue weighted by Gasteiger charge is -2.33. The predicted molar refractivity (Wildman–Crippen MR) is 244 cm³/mol. The summed E-state index contributed by atoms with van der Waals surface area (Å²) in [7, 11) is 0. The van der Waals surface area contributed by atoms with Gasteiger partial charge in [0.25, 0.3) is 11.8 Å². The molecule has 0 aliphatic heterocycles. The largest absolute Gasteiger partial charge is 0.353 e. The van der Waals surface area contributed by atoms with Gasteiger partial charge in [-0.05, 0) is 125 Å². The molecule has 0 bridgehead atoms. The number of benzene rings is 4. The molecule has 10 heteroatoms. The predicted octanol–water partition coefficient (Wildman–Crippen LogP) is 12.5. The van der Waals surface area contributed by atoms with Gasteiger partial charge < -0.3 is 11.1 Å². The van der Waals surface area contributed by atoms with E-state index < -0.39 is 5.54 Å². The van der Waals surface area contributed by atoms with E-state index in [1.807, 2.05) is 127 Å². The summed E-state index contributed by atoms with van der Waals surface area (Å²) in [4.78, 5) is 26.6. The number of halogens is 2.